The third-order valence-electron chi connectivity index (χ3n) is 3.15. The fourth-order valence-electron chi connectivity index (χ4n) is 2.06. The minimum absolute atomic E-state index is 0. The summed E-state index contributed by atoms with van der Waals surface area (Å²) >= 11 is 0. The first-order valence-electron chi connectivity index (χ1n) is 6.99. The lowest BCUT2D eigenvalue weighted by Crippen LogP contribution is -2.08. The number of nitrogens with zero attached hydrogens (tertiary/aromatic N) is 2. The molecule has 0 saturated carbocycles. The van der Waals surface area contributed by atoms with E-state index < -0.39 is 0 Å². The van der Waals surface area contributed by atoms with Crippen LogP contribution in [-0.4, -0.2) is 16.9 Å². The molecule has 4 nitrogen and oxygen atoms in total. The van der Waals surface area contributed by atoms with Gasteiger partial charge >= 0.3 is 0 Å². The van der Waals surface area contributed by atoms with Crippen LogP contribution in [0.5, 0.6) is 5.75 Å². The Morgan fingerprint density at radius 3 is 2.48 bits per heavy atom. The van der Waals surface area contributed by atoms with Gasteiger partial charge in [-0.1, -0.05) is 26.0 Å². The van der Waals surface area contributed by atoms with Crippen molar-refractivity contribution in [1.82, 2.24) is 9.78 Å². The van der Waals surface area contributed by atoms with Gasteiger partial charge in [0.25, 0.3) is 0 Å². The lowest BCUT2D eigenvalue weighted by molar-refractivity contribution is 0.414. The molecule has 0 aliphatic rings. The van der Waals surface area contributed by atoms with Crippen LogP contribution < -0.4 is 10.1 Å². The topological polar surface area (TPSA) is 39.1 Å². The van der Waals surface area contributed by atoms with Crippen LogP contribution in [0.3, 0.4) is 0 Å². The molecule has 0 spiro atoms. The van der Waals surface area contributed by atoms with Crippen molar-refractivity contribution in [2.45, 2.75) is 33.9 Å². The van der Waals surface area contributed by atoms with Crippen LogP contribution in [0.15, 0.2) is 30.3 Å². The van der Waals surface area contributed by atoms with E-state index in [0.29, 0.717) is 5.92 Å². The Bertz CT molecular complexity index is 549. The second-order valence-corrected chi connectivity index (χ2v) is 5.45. The fourth-order valence-corrected chi connectivity index (χ4v) is 2.06. The van der Waals surface area contributed by atoms with Gasteiger partial charge in [0.05, 0.1) is 7.11 Å². The smallest absolute Gasteiger partial charge is 0.148 e. The fraction of sp³-hybridized carbons (Fsp3) is 0.438. The molecule has 0 aliphatic carbocycles. The maximum Gasteiger partial charge on any atom is 0.148 e. The molecule has 5 heteroatoms. The molecule has 0 atom stereocenters. The Morgan fingerprint density at radius 1 is 1.24 bits per heavy atom. The van der Waals surface area contributed by atoms with E-state index in [-0.39, 0.29) is 12.4 Å². The van der Waals surface area contributed by atoms with Crippen molar-refractivity contribution < 1.29 is 4.74 Å². The largest absolute Gasteiger partial charge is 0.497 e. The average Bonchev–Trinajstić information content (AvgIpc) is 2.77. The van der Waals surface area contributed by atoms with E-state index in [1.54, 1.807) is 7.11 Å². The maximum absolute atomic E-state index is 5.15. The van der Waals surface area contributed by atoms with Crippen LogP contribution in [0, 0.1) is 12.8 Å². The lowest BCUT2D eigenvalue weighted by Gasteiger charge is -2.07. The summed E-state index contributed by atoms with van der Waals surface area (Å²) in [6.07, 6.45) is 0. The molecule has 1 N–H and O–H groups in total. The third kappa shape index (κ3) is 4.97. The number of halogens is 1. The van der Waals surface area contributed by atoms with Crippen LogP contribution >= 0.6 is 12.4 Å². The van der Waals surface area contributed by atoms with Gasteiger partial charge in [-0.15, -0.1) is 12.4 Å². The van der Waals surface area contributed by atoms with Crippen LogP contribution in [0.1, 0.15) is 25.1 Å². The highest BCUT2D eigenvalue weighted by Gasteiger charge is 2.05. The normalized spacial score (nSPS) is 10.3. The van der Waals surface area contributed by atoms with Crippen molar-refractivity contribution in [2.75, 3.05) is 12.4 Å². The van der Waals surface area contributed by atoms with Gasteiger partial charge in [0.1, 0.15) is 11.6 Å². The second-order valence-electron chi connectivity index (χ2n) is 5.45. The molecule has 21 heavy (non-hydrogen) atoms. The number of methoxy groups -OCH3 is 1. The number of rotatable bonds is 6. The third-order valence-corrected chi connectivity index (χ3v) is 3.15. The summed E-state index contributed by atoms with van der Waals surface area (Å²) in [7, 11) is 1.68. The SMILES string of the molecule is COc1ccc(CNc2cc(C)n(CC(C)C)n2)cc1.Cl. The molecule has 0 unspecified atom stereocenters. The Hall–Kier alpha value is -1.68. The monoisotopic (exact) mass is 309 g/mol. The van der Waals surface area contributed by atoms with Crippen molar-refractivity contribution in [2.24, 2.45) is 5.92 Å². The summed E-state index contributed by atoms with van der Waals surface area (Å²) in [5.41, 5.74) is 2.40. The summed E-state index contributed by atoms with van der Waals surface area (Å²) in [4.78, 5) is 0. The Kier molecular flexibility index (Phi) is 6.56. The van der Waals surface area contributed by atoms with Crippen LogP contribution in [-0.2, 0) is 13.1 Å². The van der Waals surface area contributed by atoms with E-state index in [9.17, 15) is 0 Å². The summed E-state index contributed by atoms with van der Waals surface area (Å²) < 4.78 is 7.21. The molecule has 1 aromatic carbocycles. The number of aryl methyl sites for hydroxylation is 1. The molecule has 116 valence electrons. The van der Waals surface area contributed by atoms with Gasteiger partial charge in [-0.05, 0) is 30.5 Å². The summed E-state index contributed by atoms with van der Waals surface area (Å²) in [6, 6.07) is 10.2. The number of hydrogen-bond donors (Lipinski definition) is 1. The van der Waals surface area contributed by atoms with E-state index in [0.717, 1.165) is 24.7 Å². The van der Waals surface area contributed by atoms with E-state index in [1.165, 1.54) is 11.3 Å². The Labute approximate surface area is 132 Å². The lowest BCUT2D eigenvalue weighted by atomic mass is 10.2. The van der Waals surface area contributed by atoms with Crippen molar-refractivity contribution in [3.8, 4) is 5.75 Å². The summed E-state index contributed by atoms with van der Waals surface area (Å²) in [6.45, 7) is 8.21. The zero-order chi connectivity index (χ0) is 14.5. The van der Waals surface area contributed by atoms with Gasteiger partial charge in [0.15, 0.2) is 0 Å². The highest BCUT2D eigenvalue weighted by Crippen LogP contribution is 2.14. The van der Waals surface area contributed by atoms with Crippen LogP contribution in [0.2, 0.25) is 0 Å². The molecule has 0 fully saturated rings. The predicted molar refractivity (Wildman–Crippen MR) is 89.4 cm³/mol. The van der Waals surface area contributed by atoms with Gasteiger partial charge in [-0.25, -0.2) is 0 Å². The molecule has 0 saturated heterocycles. The zero-order valence-electron chi connectivity index (χ0n) is 13.1. The van der Waals surface area contributed by atoms with E-state index in [1.807, 2.05) is 12.1 Å². The summed E-state index contributed by atoms with van der Waals surface area (Å²) in [5, 5.41) is 7.94. The van der Waals surface area contributed by atoms with Crippen molar-refractivity contribution in [1.29, 1.82) is 0 Å². The van der Waals surface area contributed by atoms with Gasteiger partial charge < -0.3 is 10.1 Å². The first-order chi connectivity index (χ1) is 9.58. The summed E-state index contributed by atoms with van der Waals surface area (Å²) in [5.74, 6) is 2.41. The van der Waals surface area contributed by atoms with Crippen molar-refractivity contribution >= 4 is 18.2 Å². The molecular formula is C16H24ClN3O. The minimum atomic E-state index is 0. The van der Waals surface area contributed by atoms with E-state index in [4.69, 9.17) is 4.74 Å². The molecule has 0 radical (unpaired) electrons. The Balaban J connectivity index is 0.00000220. The van der Waals surface area contributed by atoms with Gasteiger partial charge in [0, 0.05) is 24.8 Å². The number of nitrogens with one attached hydrogen (secondary N) is 1. The number of benzene rings is 1. The van der Waals surface area contributed by atoms with Crippen molar-refractivity contribution in [3.63, 3.8) is 0 Å². The first kappa shape index (κ1) is 17.4. The second kappa shape index (κ2) is 7.93. The number of aromatic nitrogens is 2. The van der Waals surface area contributed by atoms with E-state index >= 15 is 0 Å². The highest BCUT2D eigenvalue weighted by molar-refractivity contribution is 5.85. The molecule has 0 aliphatic heterocycles. The molecule has 1 aromatic heterocycles. The molecule has 0 bridgehead atoms. The van der Waals surface area contributed by atoms with Gasteiger partial charge in [0.2, 0.25) is 0 Å². The van der Waals surface area contributed by atoms with Gasteiger partial charge in [-0.2, -0.15) is 5.10 Å². The van der Waals surface area contributed by atoms with Gasteiger partial charge in [-0.3, -0.25) is 4.68 Å². The van der Waals surface area contributed by atoms with Crippen LogP contribution in [0.4, 0.5) is 5.82 Å². The molecule has 0 amide bonds. The van der Waals surface area contributed by atoms with E-state index in [2.05, 4.69) is 54.1 Å². The Morgan fingerprint density at radius 2 is 1.90 bits per heavy atom. The number of hydrogen-bond acceptors (Lipinski definition) is 3. The molecule has 2 rings (SSSR count). The standard InChI is InChI=1S/C16H23N3O.ClH/c1-12(2)11-19-13(3)9-16(18-19)17-10-14-5-7-15(20-4)8-6-14;/h5-9,12H,10-11H2,1-4H3,(H,17,18);1H. The molecule has 2 aromatic rings. The average molecular weight is 310 g/mol. The molecule has 1 heterocycles. The predicted octanol–water partition coefficient (Wildman–Crippen LogP) is 3.89. The van der Waals surface area contributed by atoms with Crippen LogP contribution in [0.25, 0.3) is 0 Å². The maximum atomic E-state index is 5.15. The first-order valence-corrected chi connectivity index (χ1v) is 6.99. The highest BCUT2D eigenvalue weighted by atomic mass is 35.5. The minimum Gasteiger partial charge on any atom is -0.497 e. The van der Waals surface area contributed by atoms with Crippen molar-refractivity contribution in [3.05, 3.63) is 41.6 Å². The number of ether oxygens (including phenoxy) is 1. The quantitative estimate of drug-likeness (QED) is 0.880. The molecular weight excluding hydrogens is 286 g/mol. The number of anilines is 1. The zero-order valence-corrected chi connectivity index (χ0v) is 13.9.